The maximum absolute atomic E-state index is 10.0. The number of hydrogen-bond acceptors (Lipinski definition) is 3. The summed E-state index contributed by atoms with van der Waals surface area (Å²) in [5.41, 5.74) is 2.14. The van der Waals surface area contributed by atoms with Gasteiger partial charge in [0.05, 0.1) is 5.52 Å². The lowest BCUT2D eigenvalue weighted by Crippen LogP contribution is -2.35. The van der Waals surface area contributed by atoms with E-state index in [1.165, 1.54) is 0 Å². The van der Waals surface area contributed by atoms with E-state index in [9.17, 15) is 5.11 Å². The Labute approximate surface area is 142 Å². The predicted octanol–water partition coefficient (Wildman–Crippen LogP) is 3.48. The zero-order chi connectivity index (χ0) is 15.5. The van der Waals surface area contributed by atoms with Crippen LogP contribution in [0.25, 0.3) is 21.8 Å². The minimum Gasteiger partial charge on any atom is -0.490 e. The Hall–Kier alpha value is -1.75. The molecule has 3 aromatic rings. The minimum atomic E-state index is -0.525. The van der Waals surface area contributed by atoms with E-state index in [-0.39, 0.29) is 19.0 Å². The number of aromatic amines is 1. The molecular weight excluding hydrogens is 312 g/mol. The van der Waals surface area contributed by atoms with Gasteiger partial charge < -0.3 is 20.1 Å². The second kappa shape index (κ2) is 7.68. The fourth-order valence-corrected chi connectivity index (χ4v) is 2.61. The van der Waals surface area contributed by atoms with Crippen LogP contribution >= 0.6 is 12.4 Å². The van der Waals surface area contributed by atoms with Gasteiger partial charge in [-0.3, -0.25) is 0 Å². The SMILES string of the molecule is CC(C)NCC(O)COc1cccc2[nH]c3ccccc3c12.Cl. The molecule has 0 fully saturated rings. The number of halogens is 1. The summed E-state index contributed by atoms with van der Waals surface area (Å²) in [5, 5.41) is 15.4. The van der Waals surface area contributed by atoms with Gasteiger partial charge in [-0.1, -0.05) is 38.1 Å². The van der Waals surface area contributed by atoms with Gasteiger partial charge in [-0.2, -0.15) is 0 Å². The molecule has 0 saturated heterocycles. The number of benzene rings is 2. The zero-order valence-corrected chi connectivity index (χ0v) is 14.2. The molecule has 1 atom stereocenters. The second-order valence-electron chi connectivity index (χ2n) is 5.88. The quantitative estimate of drug-likeness (QED) is 0.647. The Bertz CT molecular complexity index is 770. The van der Waals surface area contributed by atoms with E-state index in [2.05, 4.69) is 36.3 Å². The molecule has 0 amide bonds. The first-order chi connectivity index (χ1) is 10.6. The number of ether oxygens (including phenoxy) is 1. The second-order valence-corrected chi connectivity index (χ2v) is 5.88. The number of nitrogens with one attached hydrogen (secondary N) is 2. The molecule has 2 aromatic carbocycles. The van der Waals surface area contributed by atoms with E-state index in [0.29, 0.717) is 12.6 Å². The molecule has 0 aliphatic rings. The number of H-pyrrole nitrogens is 1. The Morgan fingerprint density at radius 3 is 2.61 bits per heavy atom. The van der Waals surface area contributed by atoms with Crippen LogP contribution in [0.15, 0.2) is 42.5 Å². The van der Waals surface area contributed by atoms with Crippen molar-refractivity contribution in [3.05, 3.63) is 42.5 Å². The van der Waals surface area contributed by atoms with E-state index in [4.69, 9.17) is 4.74 Å². The van der Waals surface area contributed by atoms with Crippen molar-refractivity contribution in [2.24, 2.45) is 0 Å². The van der Waals surface area contributed by atoms with Crippen LogP contribution < -0.4 is 10.1 Å². The number of hydrogen-bond donors (Lipinski definition) is 3. The van der Waals surface area contributed by atoms with E-state index >= 15 is 0 Å². The monoisotopic (exact) mass is 334 g/mol. The molecule has 3 rings (SSSR count). The van der Waals surface area contributed by atoms with E-state index < -0.39 is 6.10 Å². The van der Waals surface area contributed by atoms with Crippen LogP contribution in [-0.2, 0) is 0 Å². The molecule has 1 heterocycles. The average molecular weight is 335 g/mol. The topological polar surface area (TPSA) is 57.3 Å². The molecule has 5 heteroatoms. The molecule has 1 unspecified atom stereocenters. The van der Waals surface area contributed by atoms with Crippen molar-refractivity contribution in [3.8, 4) is 5.75 Å². The predicted molar refractivity (Wildman–Crippen MR) is 97.7 cm³/mol. The van der Waals surface area contributed by atoms with Crippen LogP contribution in [-0.4, -0.2) is 35.4 Å². The van der Waals surface area contributed by atoms with Gasteiger partial charge in [-0.25, -0.2) is 0 Å². The highest BCUT2D eigenvalue weighted by molar-refractivity contribution is 6.10. The molecule has 0 radical (unpaired) electrons. The molecule has 0 aliphatic carbocycles. The minimum absolute atomic E-state index is 0. The third kappa shape index (κ3) is 3.96. The van der Waals surface area contributed by atoms with Gasteiger partial charge in [0, 0.05) is 28.9 Å². The van der Waals surface area contributed by atoms with Crippen LogP contribution in [0.4, 0.5) is 0 Å². The molecule has 0 spiro atoms. The molecule has 124 valence electrons. The summed E-state index contributed by atoms with van der Waals surface area (Å²) in [6, 6.07) is 14.5. The molecule has 0 bridgehead atoms. The van der Waals surface area contributed by atoms with Crippen molar-refractivity contribution in [1.82, 2.24) is 10.3 Å². The van der Waals surface area contributed by atoms with Gasteiger partial charge in [0.2, 0.25) is 0 Å². The summed E-state index contributed by atoms with van der Waals surface area (Å²) in [4.78, 5) is 3.39. The number of para-hydroxylation sites is 1. The standard InChI is InChI=1S/C18H22N2O2.ClH/c1-12(2)19-10-13(21)11-22-17-9-5-8-16-18(17)14-6-3-4-7-15(14)20-16;/h3-9,12-13,19-21H,10-11H2,1-2H3;1H. The number of aliphatic hydroxyl groups excluding tert-OH is 1. The largest absolute Gasteiger partial charge is 0.490 e. The number of aliphatic hydroxyl groups is 1. The van der Waals surface area contributed by atoms with Crippen molar-refractivity contribution in [3.63, 3.8) is 0 Å². The summed E-state index contributed by atoms with van der Waals surface area (Å²) >= 11 is 0. The summed E-state index contributed by atoms with van der Waals surface area (Å²) in [7, 11) is 0. The van der Waals surface area contributed by atoms with Crippen molar-refractivity contribution < 1.29 is 9.84 Å². The van der Waals surface area contributed by atoms with Crippen LogP contribution in [0, 0.1) is 0 Å². The average Bonchev–Trinajstić information content (AvgIpc) is 2.90. The van der Waals surface area contributed by atoms with Crippen molar-refractivity contribution >= 4 is 34.2 Å². The molecule has 23 heavy (non-hydrogen) atoms. The summed E-state index contributed by atoms with van der Waals surface area (Å²) in [6.07, 6.45) is -0.525. The number of rotatable bonds is 6. The third-order valence-electron chi connectivity index (χ3n) is 3.68. The number of aromatic nitrogens is 1. The fraction of sp³-hybridized carbons (Fsp3) is 0.333. The molecule has 4 nitrogen and oxygen atoms in total. The van der Waals surface area contributed by atoms with Crippen LogP contribution in [0.3, 0.4) is 0 Å². The van der Waals surface area contributed by atoms with Crippen LogP contribution in [0.2, 0.25) is 0 Å². The Balaban J connectivity index is 0.00000192. The van der Waals surface area contributed by atoms with Crippen LogP contribution in [0.5, 0.6) is 5.75 Å². The van der Waals surface area contributed by atoms with E-state index in [1.807, 2.05) is 30.3 Å². The maximum atomic E-state index is 10.0. The Kier molecular flexibility index (Phi) is 5.88. The molecule has 0 aliphatic heterocycles. The first-order valence-electron chi connectivity index (χ1n) is 7.69. The Morgan fingerprint density at radius 2 is 1.83 bits per heavy atom. The lowest BCUT2D eigenvalue weighted by molar-refractivity contribution is 0.105. The molecular formula is C18H23ClN2O2. The highest BCUT2D eigenvalue weighted by Crippen LogP contribution is 2.32. The smallest absolute Gasteiger partial charge is 0.129 e. The first-order valence-corrected chi connectivity index (χ1v) is 7.69. The maximum Gasteiger partial charge on any atom is 0.129 e. The lowest BCUT2D eigenvalue weighted by Gasteiger charge is -2.15. The highest BCUT2D eigenvalue weighted by atomic mass is 35.5. The third-order valence-corrected chi connectivity index (χ3v) is 3.68. The van der Waals surface area contributed by atoms with Crippen molar-refractivity contribution in [1.29, 1.82) is 0 Å². The van der Waals surface area contributed by atoms with Crippen LogP contribution in [0.1, 0.15) is 13.8 Å². The van der Waals surface area contributed by atoms with Crippen molar-refractivity contribution in [2.45, 2.75) is 26.0 Å². The van der Waals surface area contributed by atoms with Gasteiger partial charge in [-0.15, -0.1) is 12.4 Å². The van der Waals surface area contributed by atoms with E-state index in [1.54, 1.807) is 0 Å². The summed E-state index contributed by atoms with van der Waals surface area (Å²) in [6.45, 7) is 4.92. The van der Waals surface area contributed by atoms with Gasteiger partial charge in [0.1, 0.15) is 18.5 Å². The van der Waals surface area contributed by atoms with Crippen molar-refractivity contribution in [2.75, 3.05) is 13.2 Å². The summed E-state index contributed by atoms with van der Waals surface area (Å²) < 4.78 is 5.87. The first kappa shape index (κ1) is 17.6. The zero-order valence-electron chi connectivity index (χ0n) is 13.4. The molecule has 0 saturated carbocycles. The van der Waals surface area contributed by atoms with Gasteiger partial charge in [0.25, 0.3) is 0 Å². The van der Waals surface area contributed by atoms with Gasteiger partial charge >= 0.3 is 0 Å². The fourth-order valence-electron chi connectivity index (χ4n) is 2.61. The molecule has 1 aromatic heterocycles. The van der Waals surface area contributed by atoms with E-state index in [0.717, 1.165) is 27.6 Å². The van der Waals surface area contributed by atoms with Gasteiger partial charge in [-0.05, 0) is 18.2 Å². The Morgan fingerprint density at radius 1 is 1.09 bits per heavy atom. The normalized spacial score (nSPS) is 12.5. The van der Waals surface area contributed by atoms with Gasteiger partial charge in [0.15, 0.2) is 0 Å². The molecule has 3 N–H and O–H groups in total. The highest BCUT2D eigenvalue weighted by Gasteiger charge is 2.11. The summed E-state index contributed by atoms with van der Waals surface area (Å²) in [5.74, 6) is 0.804. The lowest BCUT2D eigenvalue weighted by atomic mass is 10.1. The number of fused-ring (bicyclic) bond motifs is 3.